The standard InChI is InChI=1S/C15H18ClN5O3S/c1-9-5-13(17)21(14(22)6-9)18-7-12-10(2)19-20(15(12)16)11-3-4-25(23,24)8-11/h5-7,11H,3-4,8,17H2,1-2H3/t11-/m1/s1. The highest BCUT2D eigenvalue weighted by atomic mass is 35.5. The maximum Gasteiger partial charge on any atom is 0.273 e. The normalized spacial score (nSPS) is 19.7. The molecule has 1 aliphatic heterocycles. The van der Waals surface area contributed by atoms with Gasteiger partial charge in [-0.05, 0) is 31.9 Å². The zero-order chi connectivity index (χ0) is 18.4. The van der Waals surface area contributed by atoms with Gasteiger partial charge in [-0.3, -0.25) is 4.79 Å². The second kappa shape index (κ2) is 6.30. The minimum absolute atomic E-state index is 0.0226. The molecule has 0 saturated carbocycles. The fourth-order valence-corrected chi connectivity index (χ4v) is 4.90. The van der Waals surface area contributed by atoms with E-state index in [1.165, 1.54) is 17.0 Å². The lowest BCUT2D eigenvalue weighted by atomic mass is 10.2. The number of nitrogens with zero attached hydrogens (tertiary/aromatic N) is 4. The SMILES string of the molecule is Cc1cc(N)n(N=Cc2c(C)nn([C@@H]3CCS(=O)(=O)C3)c2Cl)c(=O)c1. The first kappa shape index (κ1) is 17.7. The van der Waals surface area contributed by atoms with Crippen LogP contribution in [0.2, 0.25) is 5.15 Å². The monoisotopic (exact) mass is 383 g/mol. The molecule has 1 saturated heterocycles. The molecule has 3 heterocycles. The van der Waals surface area contributed by atoms with E-state index in [2.05, 4.69) is 10.2 Å². The number of nitrogen functional groups attached to an aromatic ring is 1. The van der Waals surface area contributed by atoms with E-state index in [-0.39, 0.29) is 28.9 Å². The van der Waals surface area contributed by atoms with Crippen LogP contribution in [0.1, 0.15) is 29.3 Å². The molecule has 8 nitrogen and oxygen atoms in total. The summed E-state index contributed by atoms with van der Waals surface area (Å²) < 4.78 is 25.9. The van der Waals surface area contributed by atoms with E-state index in [0.717, 1.165) is 10.2 Å². The fourth-order valence-electron chi connectivity index (χ4n) is 2.85. The Morgan fingerprint density at radius 2 is 2.12 bits per heavy atom. The number of anilines is 1. The van der Waals surface area contributed by atoms with Gasteiger partial charge in [0.25, 0.3) is 5.56 Å². The smallest absolute Gasteiger partial charge is 0.273 e. The lowest BCUT2D eigenvalue weighted by molar-refractivity contribution is 0.497. The Hall–Kier alpha value is -2.13. The van der Waals surface area contributed by atoms with Crippen molar-refractivity contribution < 1.29 is 8.42 Å². The van der Waals surface area contributed by atoms with E-state index in [9.17, 15) is 13.2 Å². The Kier molecular flexibility index (Phi) is 4.46. The number of aromatic nitrogens is 3. The van der Waals surface area contributed by atoms with Crippen molar-refractivity contribution >= 4 is 33.5 Å². The second-order valence-electron chi connectivity index (χ2n) is 6.14. The molecule has 0 spiro atoms. The first-order chi connectivity index (χ1) is 11.7. The molecule has 2 aromatic rings. The Morgan fingerprint density at radius 1 is 1.40 bits per heavy atom. The molecule has 1 aliphatic rings. The maximum absolute atomic E-state index is 12.0. The Bertz CT molecular complexity index is 1020. The van der Waals surface area contributed by atoms with E-state index >= 15 is 0 Å². The third-order valence-electron chi connectivity index (χ3n) is 4.11. The molecule has 0 bridgehead atoms. The zero-order valence-electron chi connectivity index (χ0n) is 13.8. The second-order valence-corrected chi connectivity index (χ2v) is 8.73. The molecule has 0 aromatic carbocycles. The van der Waals surface area contributed by atoms with Gasteiger partial charge in [0.1, 0.15) is 11.0 Å². The lowest BCUT2D eigenvalue weighted by Crippen LogP contribution is -2.19. The Balaban J connectivity index is 1.96. The maximum atomic E-state index is 12.0. The van der Waals surface area contributed by atoms with Gasteiger partial charge in [-0.2, -0.15) is 14.9 Å². The molecule has 0 unspecified atom stereocenters. The van der Waals surface area contributed by atoms with Crippen LogP contribution in [0.15, 0.2) is 22.0 Å². The van der Waals surface area contributed by atoms with Crippen LogP contribution in [0.4, 0.5) is 5.82 Å². The van der Waals surface area contributed by atoms with E-state index < -0.39 is 9.84 Å². The predicted octanol–water partition coefficient (Wildman–Crippen LogP) is 1.14. The molecule has 1 fully saturated rings. The number of nitrogens with two attached hydrogens (primary N) is 1. The van der Waals surface area contributed by atoms with Crippen molar-refractivity contribution in [3.8, 4) is 0 Å². The molecular formula is C15H18ClN5O3S. The third kappa shape index (κ3) is 3.47. The molecule has 2 N–H and O–H groups in total. The topological polar surface area (TPSA) is 112 Å². The molecule has 134 valence electrons. The third-order valence-corrected chi connectivity index (χ3v) is 6.23. The van der Waals surface area contributed by atoms with Gasteiger partial charge in [0, 0.05) is 6.07 Å². The van der Waals surface area contributed by atoms with Gasteiger partial charge < -0.3 is 5.73 Å². The lowest BCUT2D eigenvalue weighted by Gasteiger charge is -2.09. The van der Waals surface area contributed by atoms with Gasteiger partial charge in [-0.1, -0.05) is 11.6 Å². The van der Waals surface area contributed by atoms with Crippen LogP contribution in [0.25, 0.3) is 0 Å². The molecule has 0 amide bonds. The molecule has 25 heavy (non-hydrogen) atoms. The predicted molar refractivity (Wildman–Crippen MR) is 97.1 cm³/mol. The highest BCUT2D eigenvalue weighted by Crippen LogP contribution is 2.29. The largest absolute Gasteiger partial charge is 0.384 e. The average molecular weight is 384 g/mol. The van der Waals surface area contributed by atoms with E-state index in [0.29, 0.717) is 22.8 Å². The highest BCUT2D eigenvalue weighted by Gasteiger charge is 2.31. The summed E-state index contributed by atoms with van der Waals surface area (Å²) in [6, 6.07) is 2.78. The first-order valence-electron chi connectivity index (χ1n) is 7.66. The number of pyridine rings is 1. The van der Waals surface area contributed by atoms with Crippen LogP contribution in [0.3, 0.4) is 0 Å². The van der Waals surface area contributed by atoms with Crippen LogP contribution < -0.4 is 11.3 Å². The molecule has 2 aromatic heterocycles. The van der Waals surface area contributed by atoms with Gasteiger partial charge >= 0.3 is 0 Å². The van der Waals surface area contributed by atoms with Crippen LogP contribution in [-0.2, 0) is 9.84 Å². The summed E-state index contributed by atoms with van der Waals surface area (Å²) >= 11 is 6.37. The summed E-state index contributed by atoms with van der Waals surface area (Å²) in [4.78, 5) is 12.0. The summed E-state index contributed by atoms with van der Waals surface area (Å²) in [5.41, 5.74) is 7.34. The van der Waals surface area contributed by atoms with Crippen molar-refractivity contribution in [2.75, 3.05) is 17.2 Å². The van der Waals surface area contributed by atoms with Crippen LogP contribution in [0, 0.1) is 13.8 Å². The molecule has 10 heteroatoms. The van der Waals surface area contributed by atoms with Crippen molar-refractivity contribution in [1.82, 2.24) is 14.5 Å². The van der Waals surface area contributed by atoms with Crippen molar-refractivity contribution in [3.63, 3.8) is 0 Å². The molecule has 0 radical (unpaired) electrons. The van der Waals surface area contributed by atoms with E-state index in [1.54, 1.807) is 19.9 Å². The summed E-state index contributed by atoms with van der Waals surface area (Å²) in [5.74, 6) is 0.366. The van der Waals surface area contributed by atoms with Crippen molar-refractivity contribution in [2.45, 2.75) is 26.3 Å². The minimum Gasteiger partial charge on any atom is -0.384 e. The van der Waals surface area contributed by atoms with Gasteiger partial charge in [0.15, 0.2) is 9.84 Å². The van der Waals surface area contributed by atoms with Gasteiger partial charge in [0.05, 0.1) is 35.0 Å². The zero-order valence-corrected chi connectivity index (χ0v) is 15.4. The van der Waals surface area contributed by atoms with Crippen LogP contribution >= 0.6 is 11.6 Å². The van der Waals surface area contributed by atoms with Crippen molar-refractivity contribution in [1.29, 1.82) is 0 Å². The van der Waals surface area contributed by atoms with Gasteiger partial charge in [-0.15, -0.1) is 0 Å². The van der Waals surface area contributed by atoms with Gasteiger partial charge in [0.2, 0.25) is 0 Å². The number of hydrogen-bond acceptors (Lipinski definition) is 6. The number of sulfone groups is 1. The molecular weight excluding hydrogens is 366 g/mol. The van der Waals surface area contributed by atoms with E-state index in [1.807, 2.05) is 0 Å². The molecule has 1 atom stereocenters. The van der Waals surface area contributed by atoms with Crippen LogP contribution in [0.5, 0.6) is 0 Å². The number of aryl methyl sites for hydroxylation is 2. The summed E-state index contributed by atoms with van der Waals surface area (Å²) in [6.07, 6.45) is 1.89. The number of hydrogen-bond donors (Lipinski definition) is 1. The van der Waals surface area contributed by atoms with Crippen LogP contribution in [-0.4, -0.2) is 40.6 Å². The fraction of sp³-hybridized carbons (Fsp3) is 0.400. The average Bonchev–Trinajstić information content (AvgIpc) is 2.99. The number of halogens is 1. The first-order valence-corrected chi connectivity index (χ1v) is 9.86. The van der Waals surface area contributed by atoms with Crippen molar-refractivity contribution in [2.24, 2.45) is 5.10 Å². The van der Waals surface area contributed by atoms with E-state index in [4.69, 9.17) is 17.3 Å². The quantitative estimate of drug-likeness (QED) is 0.798. The summed E-state index contributed by atoms with van der Waals surface area (Å²) in [5, 5.41) is 8.74. The summed E-state index contributed by atoms with van der Waals surface area (Å²) in [6.45, 7) is 3.51. The Labute approximate surface area is 149 Å². The number of rotatable bonds is 3. The van der Waals surface area contributed by atoms with Gasteiger partial charge in [-0.25, -0.2) is 13.1 Å². The minimum atomic E-state index is -3.05. The Morgan fingerprint density at radius 3 is 2.72 bits per heavy atom. The highest BCUT2D eigenvalue weighted by molar-refractivity contribution is 7.91. The summed E-state index contributed by atoms with van der Waals surface area (Å²) in [7, 11) is -3.05. The van der Waals surface area contributed by atoms with Crippen molar-refractivity contribution in [3.05, 3.63) is 44.5 Å². The molecule has 0 aliphatic carbocycles. The molecule has 3 rings (SSSR count).